The lowest BCUT2D eigenvalue weighted by molar-refractivity contribution is -0.150. The number of hydrogen-bond donors (Lipinski definition) is 5. The second-order valence-corrected chi connectivity index (χ2v) is 14.6. The van der Waals surface area contributed by atoms with Gasteiger partial charge in [0.15, 0.2) is 5.78 Å². The van der Waals surface area contributed by atoms with Crippen LogP contribution in [0.4, 0.5) is 0 Å². The van der Waals surface area contributed by atoms with Gasteiger partial charge in [-0.15, -0.1) is 0 Å². The Morgan fingerprint density at radius 3 is 2.00 bits per heavy atom. The fraction of sp³-hybridized carbons (Fsp3) is 0.564. The van der Waals surface area contributed by atoms with Crippen molar-refractivity contribution in [2.45, 2.75) is 102 Å². The zero-order valence-electron chi connectivity index (χ0n) is 30.0. The second kappa shape index (κ2) is 19.5. The van der Waals surface area contributed by atoms with Crippen LogP contribution in [0.15, 0.2) is 60.7 Å². The number of amides is 3. The Hall–Kier alpha value is -4.13. The van der Waals surface area contributed by atoms with E-state index >= 15 is 0 Å². The van der Waals surface area contributed by atoms with Crippen LogP contribution in [-0.2, 0) is 36.8 Å². The summed E-state index contributed by atoms with van der Waals surface area (Å²) in [7, 11) is 0. The molecule has 0 aliphatic carbocycles. The number of rotatable bonds is 20. The maximum Gasteiger partial charge on any atom is 0.317 e. The van der Waals surface area contributed by atoms with E-state index in [2.05, 4.69) is 10.6 Å². The van der Waals surface area contributed by atoms with Gasteiger partial charge in [0.25, 0.3) is 0 Å². The van der Waals surface area contributed by atoms with Gasteiger partial charge in [-0.05, 0) is 75.0 Å². The summed E-state index contributed by atoms with van der Waals surface area (Å²) in [5, 5.41) is 15.3. The summed E-state index contributed by atoms with van der Waals surface area (Å²) in [5.74, 6) is -2.80. The summed E-state index contributed by atoms with van der Waals surface area (Å²) < 4.78 is 0. The minimum atomic E-state index is -0.899. The Morgan fingerprint density at radius 1 is 0.824 bits per heavy atom. The van der Waals surface area contributed by atoms with Crippen molar-refractivity contribution < 1.29 is 29.1 Å². The van der Waals surface area contributed by atoms with E-state index in [-0.39, 0.29) is 55.0 Å². The third-order valence-electron chi connectivity index (χ3n) is 10.0. The predicted molar refractivity (Wildman–Crippen MR) is 195 cm³/mol. The highest BCUT2D eigenvalue weighted by atomic mass is 16.4. The molecule has 3 aliphatic heterocycles. The molecule has 0 aromatic heterocycles. The number of ketones is 1. The van der Waals surface area contributed by atoms with Crippen molar-refractivity contribution in [3.63, 3.8) is 0 Å². The van der Waals surface area contributed by atoms with Crippen LogP contribution in [0.1, 0.15) is 69.9 Å². The summed E-state index contributed by atoms with van der Waals surface area (Å²) in [4.78, 5) is 70.6. The summed E-state index contributed by atoms with van der Waals surface area (Å²) in [6.07, 6.45) is 4.21. The van der Waals surface area contributed by atoms with Crippen LogP contribution in [0, 0.1) is 11.8 Å². The van der Waals surface area contributed by atoms with Crippen molar-refractivity contribution in [3.05, 3.63) is 71.8 Å². The lowest BCUT2D eigenvalue weighted by Gasteiger charge is -2.51. The van der Waals surface area contributed by atoms with Gasteiger partial charge in [-0.3, -0.25) is 28.9 Å². The predicted octanol–water partition coefficient (Wildman–Crippen LogP) is 2.28. The Morgan fingerprint density at radius 2 is 1.43 bits per heavy atom. The molecule has 3 aliphatic rings. The first kappa shape index (κ1) is 39.7. The smallest absolute Gasteiger partial charge is 0.317 e. The summed E-state index contributed by atoms with van der Waals surface area (Å²) in [6, 6.07) is 16.1. The number of nitrogens with one attached hydrogen (secondary N) is 2. The summed E-state index contributed by atoms with van der Waals surface area (Å²) in [6.45, 7) is 5.26. The van der Waals surface area contributed by atoms with Crippen molar-refractivity contribution in [1.82, 2.24) is 20.4 Å². The van der Waals surface area contributed by atoms with Crippen LogP contribution in [-0.4, -0.2) is 101 Å². The highest BCUT2D eigenvalue weighted by molar-refractivity contribution is 5.95. The molecule has 5 rings (SSSR count). The van der Waals surface area contributed by atoms with Crippen LogP contribution in [0.3, 0.4) is 0 Å². The average molecular weight is 705 g/mol. The second-order valence-electron chi connectivity index (χ2n) is 14.6. The highest BCUT2D eigenvalue weighted by Gasteiger charge is 2.43. The minimum Gasteiger partial charge on any atom is -0.480 e. The van der Waals surface area contributed by atoms with Crippen LogP contribution in [0.25, 0.3) is 0 Å². The fourth-order valence-electron chi connectivity index (χ4n) is 7.36. The van der Waals surface area contributed by atoms with Gasteiger partial charge in [-0.1, -0.05) is 74.5 Å². The Kier molecular flexibility index (Phi) is 15.1. The lowest BCUT2D eigenvalue weighted by Crippen LogP contribution is -2.66. The maximum absolute atomic E-state index is 14.1. The summed E-state index contributed by atoms with van der Waals surface area (Å²) >= 11 is 0. The van der Waals surface area contributed by atoms with E-state index in [0.717, 1.165) is 24.0 Å². The molecule has 6 atom stereocenters. The molecule has 51 heavy (non-hydrogen) atoms. The first-order valence-corrected chi connectivity index (χ1v) is 18.4. The Balaban J connectivity index is 1.48. The number of benzene rings is 2. The monoisotopic (exact) mass is 704 g/mol. The molecule has 2 aromatic rings. The quantitative estimate of drug-likeness (QED) is 0.129. The highest BCUT2D eigenvalue weighted by Crippen LogP contribution is 2.30. The van der Waals surface area contributed by atoms with Gasteiger partial charge in [0.05, 0.1) is 18.6 Å². The van der Waals surface area contributed by atoms with E-state index in [0.29, 0.717) is 51.7 Å². The minimum absolute atomic E-state index is 0.0423. The number of piperazine rings is 1. The van der Waals surface area contributed by atoms with Gasteiger partial charge < -0.3 is 32.1 Å². The maximum atomic E-state index is 14.1. The number of fused-ring (bicyclic) bond motifs is 3. The molecule has 2 bridgehead atoms. The molecule has 12 heteroatoms. The Labute approximate surface area is 301 Å². The number of carbonyl (C=O) groups is 5. The van der Waals surface area contributed by atoms with Crippen molar-refractivity contribution in [3.8, 4) is 0 Å². The lowest BCUT2D eigenvalue weighted by atomic mass is 9.87. The molecule has 0 radical (unpaired) electrons. The molecule has 278 valence electrons. The molecule has 0 spiro atoms. The number of nitrogens with zero attached hydrogens (tertiary/aromatic N) is 2. The van der Waals surface area contributed by atoms with Crippen LogP contribution >= 0.6 is 0 Å². The number of piperidine rings is 2. The average Bonchev–Trinajstić information content (AvgIpc) is 3.11. The van der Waals surface area contributed by atoms with Crippen LogP contribution in [0.5, 0.6) is 0 Å². The van der Waals surface area contributed by atoms with E-state index in [1.54, 1.807) is 0 Å². The zero-order valence-corrected chi connectivity index (χ0v) is 30.0. The number of nitrogens with two attached hydrogens (primary N) is 2. The standard InChI is InChI=1S/C39H56N6O6/c1-26(2)19-29(22-35(46)34(21-28-13-7-4-8-14-28)43-38(50)32(41)20-27-11-5-3-6-12-27)37(49)42-33(15-9-10-18-40)39(51)45-24-30-16-17-31(45)23-44(30)25-36(47)48/h3-8,11-14,26,29-34H,9-10,15-25,40-41H2,1-2H3,(H,42,49)(H,43,50)(H,47,48). The van der Waals surface area contributed by atoms with Crippen LogP contribution < -0.4 is 22.1 Å². The first-order valence-electron chi connectivity index (χ1n) is 18.4. The normalized spacial score (nSPS) is 19.6. The number of carbonyl (C=O) groups excluding carboxylic acids is 4. The van der Waals surface area contributed by atoms with Crippen molar-refractivity contribution >= 4 is 29.5 Å². The molecule has 2 aromatic carbocycles. The molecule has 3 saturated heterocycles. The number of carboxylic acids is 1. The van der Waals surface area contributed by atoms with E-state index in [1.807, 2.05) is 84.3 Å². The summed E-state index contributed by atoms with van der Waals surface area (Å²) in [5.41, 5.74) is 13.8. The first-order chi connectivity index (χ1) is 24.4. The number of unbranched alkanes of at least 4 members (excludes halogenated alkanes) is 1. The van der Waals surface area contributed by atoms with Crippen molar-refractivity contribution in [2.75, 3.05) is 26.2 Å². The van der Waals surface area contributed by atoms with Gasteiger partial charge in [0, 0.05) is 37.5 Å². The van der Waals surface area contributed by atoms with E-state index in [1.165, 1.54) is 0 Å². The van der Waals surface area contributed by atoms with Crippen LogP contribution in [0.2, 0.25) is 0 Å². The molecule has 12 nitrogen and oxygen atoms in total. The number of aliphatic carboxylic acids is 1. The van der Waals surface area contributed by atoms with Crippen molar-refractivity contribution in [1.29, 1.82) is 0 Å². The molecule has 3 fully saturated rings. The topological polar surface area (TPSA) is 188 Å². The number of carboxylic acid groups (broad SMARTS) is 1. The van der Waals surface area contributed by atoms with E-state index < -0.39 is 35.9 Å². The number of hydrogen-bond acceptors (Lipinski definition) is 8. The molecule has 6 unspecified atom stereocenters. The largest absolute Gasteiger partial charge is 0.480 e. The number of Topliss-reactive ketones (excluding diaryl/α,β-unsaturated/α-hetero) is 1. The Bertz CT molecular complexity index is 1460. The van der Waals surface area contributed by atoms with Gasteiger partial charge in [0.1, 0.15) is 6.04 Å². The molecule has 3 amide bonds. The third-order valence-corrected chi connectivity index (χ3v) is 10.0. The fourth-order valence-corrected chi connectivity index (χ4v) is 7.36. The van der Waals surface area contributed by atoms with E-state index in [4.69, 9.17) is 11.5 Å². The third kappa shape index (κ3) is 12.0. The van der Waals surface area contributed by atoms with Crippen molar-refractivity contribution in [2.24, 2.45) is 23.3 Å². The van der Waals surface area contributed by atoms with Gasteiger partial charge in [-0.2, -0.15) is 0 Å². The molecule has 3 heterocycles. The van der Waals surface area contributed by atoms with Gasteiger partial charge in [0.2, 0.25) is 17.7 Å². The van der Waals surface area contributed by atoms with Gasteiger partial charge >= 0.3 is 5.97 Å². The van der Waals surface area contributed by atoms with Gasteiger partial charge in [-0.25, -0.2) is 0 Å². The van der Waals surface area contributed by atoms with E-state index in [9.17, 15) is 29.1 Å². The SMILES string of the molecule is CC(C)CC(CC(=O)C(Cc1ccccc1)NC(=O)C(N)Cc1ccccc1)C(=O)NC(CCCCN)C(=O)N1CC2CCC1CN2CC(=O)O. The molecular formula is C39H56N6O6. The molecule has 7 N–H and O–H groups in total. The zero-order chi connectivity index (χ0) is 36.9. The molecular weight excluding hydrogens is 648 g/mol. The molecule has 0 saturated carbocycles.